The van der Waals surface area contributed by atoms with Crippen molar-refractivity contribution in [2.24, 2.45) is 5.41 Å². The Kier molecular flexibility index (Phi) is 5.27. The third-order valence-corrected chi connectivity index (χ3v) is 2.23. The van der Waals surface area contributed by atoms with Crippen LogP contribution in [-0.4, -0.2) is 0 Å². The second kappa shape index (κ2) is 5.40. The van der Waals surface area contributed by atoms with Crippen molar-refractivity contribution in [2.75, 3.05) is 0 Å². The van der Waals surface area contributed by atoms with E-state index in [0.29, 0.717) is 5.41 Å². The highest BCUT2D eigenvalue weighted by Crippen LogP contribution is 2.24. The zero-order valence-electron chi connectivity index (χ0n) is 8.32. The van der Waals surface area contributed by atoms with E-state index in [-0.39, 0.29) is 0 Å². The van der Waals surface area contributed by atoms with Crippen LogP contribution >= 0.6 is 0 Å². The summed E-state index contributed by atoms with van der Waals surface area (Å²) in [7, 11) is 0. The van der Waals surface area contributed by atoms with Crippen LogP contribution in [-0.2, 0) is 0 Å². The van der Waals surface area contributed by atoms with Gasteiger partial charge in [0.15, 0.2) is 0 Å². The quantitative estimate of drug-likeness (QED) is 0.398. The molecule has 0 amide bonds. The van der Waals surface area contributed by atoms with Gasteiger partial charge in [-0.3, -0.25) is 0 Å². The molecule has 0 unspecified atom stereocenters. The highest BCUT2D eigenvalue weighted by atomic mass is 14.2. The summed E-state index contributed by atoms with van der Waals surface area (Å²) < 4.78 is 0. The van der Waals surface area contributed by atoms with E-state index in [4.69, 9.17) is 0 Å². The predicted molar refractivity (Wildman–Crippen MR) is 52.7 cm³/mol. The Labute approximate surface area is 71.7 Å². The third kappa shape index (κ3) is 6.15. The maximum absolute atomic E-state index is 3.83. The molecule has 0 heteroatoms. The van der Waals surface area contributed by atoms with Crippen LogP contribution in [0.2, 0.25) is 0 Å². The van der Waals surface area contributed by atoms with Crippen LogP contribution in [0.1, 0.15) is 52.9 Å². The molecule has 0 rings (SSSR count). The second-order valence-corrected chi connectivity index (χ2v) is 4.00. The average molecular weight is 154 g/mol. The van der Waals surface area contributed by atoms with E-state index in [1.165, 1.54) is 32.1 Å². The van der Waals surface area contributed by atoms with Gasteiger partial charge >= 0.3 is 0 Å². The van der Waals surface area contributed by atoms with Crippen LogP contribution < -0.4 is 0 Å². The fourth-order valence-corrected chi connectivity index (χ4v) is 1.11. The van der Waals surface area contributed by atoms with Gasteiger partial charge in [0.25, 0.3) is 0 Å². The first-order valence-corrected chi connectivity index (χ1v) is 4.76. The number of hydrogen-bond donors (Lipinski definition) is 0. The molecule has 0 saturated heterocycles. The Morgan fingerprint density at radius 3 is 2.27 bits per heavy atom. The topological polar surface area (TPSA) is 0 Å². The van der Waals surface area contributed by atoms with E-state index < -0.39 is 0 Å². The molecule has 0 aromatic carbocycles. The standard InChI is InChI=1S/C11H22/c1-5-7-8-9-10-11(3,4)6-2/h6H,2,5,7-10H2,1,3-4H3. The summed E-state index contributed by atoms with van der Waals surface area (Å²) in [6.45, 7) is 10.6. The molecule has 0 aliphatic heterocycles. The molecule has 0 radical (unpaired) electrons. The Morgan fingerprint density at radius 2 is 1.82 bits per heavy atom. The van der Waals surface area contributed by atoms with Gasteiger partial charge < -0.3 is 0 Å². The van der Waals surface area contributed by atoms with Crippen molar-refractivity contribution in [1.82, 2.24) is 0 Å². The lowest BCUT2D eigenvalue weighted by Gasteiger charge is -2.18. The minimum absolute atomic E-state index is 0.355. The van der Waals surface area contributed by atoms with Gasteiger partial charge in [0, 0.05) is 0 Å². The van der Waals surface area contributed by atoms with Gasteiger partial charge in [-0.15, -0.1) is 6.58 Å². The maximum Gasteiger partial charge on any atom is -0.0178 e. The Hall–Kier alpha value is -0.260. The molecule has 0 fully saturated rings. The molecule has 0 aliphatic carbocycles. The van der Waals surface area contributed by atoms with Gasteiger partial charge in [-0.05, 0) is 11.8 Å². The van der Waals surface area contributed by atoms with Crippen molar-refractivity contribution in [2.45, 2.75) is 52.9 Å². The van der Waals surface area contributed by atoms with Gasteiger partial charge in [0.2, 0.25) is 0 Å². The number of unbranched alkanes of at least 4 members (excludes halogenated alkanes) is 3. The lowest BCUT2D eigenvalue weighted by atomic mass is 9.87. The van der Waals surface area contributed by atoms with Crippen LogP contribution in [0, 0.1) is 5.41 Å². The molecule has 0 spiro atoms. The minimum atomic E-state index is 0.355. The Morgan fingerprint density at radius 1 is 1.18 bits per heavy atom. The van der Waals surface area contributed by atoms with Crippen molar-refractivity contribution < 1.29 is 0 Å². The summed E-state index contributed by atoms with van der Waals surface area (Å²) >= 11 is 0. The summed E-state index contributed by atoms with van der Waals surface area (Å²) in [5, 5.41) is 0. The van der Waals surface area contributed by atoms with Crippen molar-refractivity contribution in [3.63, 3.8) is 0 Å². The van der Waals surface area contributed by atoms with Crippen molar-refractivity contribution >= 4 is 0 Å². The smallest absolute Gasteiger partial charge is 0.0178 e. The zero-order valence-corrected chi connectivity index (χ0v) is 8.32. The van der Waals surface area contributed by atoms with Crippen LogP contribution in [0.15, 0.2) is 12.7 Å². The molecule has 0 bridgehead atoms. The average Bonchev–Trinajstić information content (AvgIpc) is 1.99. The molecule has 0 aromatic rings. The molecule has 0 nitrogen and oxygen atoms in total. The molecular formula is C11H22. The Bertz CT molecular complexity index is 101. The third-order valence-electron chi connectivity index (χ3n) is 2.23. The fraction of sp³-hybridized carbons (Fsp3) is 0.818. The second-order valence-electron chi connectivity index (χ2n) is 4.00. The monoisotopic (exact) mass is 154 g/mol. The van der Waals surface area contributed by atoms with Crippen molar-refractivity contribution in [3.05, 3.63) is 12.7 Å². The van der Waals surface area contributed by atoms with Crippen LogP contribution in [0.25, 0.3) is 0 Å². The predicted octanol–water partition coefficient (Wildman–Crippen LogP) is 4.17. The lowest BCUT2D eigenvalue weighted by Crippen LogP contribution is -2.05. The number of rotatable bonds is 6. The largest absolute Gasteiger partial charge is 0.103 e. The van der Waals surface area contributed by atoms with Gasteiger partial charge in [-0.2, -0.15) is 0 Å². The first kappa shape index (κ1) is 10.7. The van der Waals surface area contributed by atoms with Crippen LogP contribution in [0.3, 0.4) is 0 Å². The molecule has 11 heavy (non-hydrogen) atoms. The molecule has 0 N–H and O–H groups in total. The van der Waals surface area contributed by atoms with Gasteiger partial charge in [0.05, 0.1) is 0 Å². The van der Waals surface area contributed by atoms with E-state index >= 15 is 0 Å². The molecular weight excluding hydrogens is 132 g/mol. The maximum atomic E-state index is 3.83. The van der Waals surface area contributed by atoms with E-state index in [1.54, 1.807) is 0 Å². The van der Waals surface area contributed by atoms with E-state index in [0.717, 1.165) is 0 Å². The van der Waals surface area contributed by atoms with Gasteiger partial charge in [-0.1, -0.05) is 52.5 Å². The normalized spacial score (nSPS) is 11.5. The first-order valence-electron chi connectivity index (χ1n) is 4.76. The zero-order chi connectivity index (χ0) is 8.74. The van der Waals surface area contributed by atoms with Gasteiger partial charge in [0.1, 0.15) is 0 Å². The van der Waals surface area contributed by atoms with Crippen LogP contribution in [0.5, 0.6) is 0 Å². The van der Waals surface area contributed by atoms with E-state index in [1.807, 2.05) is 0 Å². The van der Waals surface area contributed by atoms with E-state index in [9.17, 15) is 0 Å². The van der Waals surface area contributed by atoms with Crippen molar-refractivity contribution in [1.29, 1.82) is 0 Å². The SMILES string of the molecule is C=CC(C)(C)CCCCCC. The summed E-state index contributed by atoms with van der Waals surface area (Å²) in [4.78, 5) is 0. The summed E-state index contributed by atoms with van der Waals surface area (Å²) in [5.74, 6) is 0. The van der Waals surface area contributed by atoms with Crippen molar-refractivity contribution in [3.8, 4) is 0 Å². The molecule has 66 valence electrons. The highest BCUT2D eigenvalue weighted by Gasteiger charge is 2.10. The fourth-order valence-electron chi connectivity index (χ4n) is 1.11. The van der Waals surface area contributed by atoms with E-state index in [2.05, 4.69) is 33.4 Å². The molecule has 0 saturated carbocycles. The first-order chi connectivity index (χ1) is 5.12. The number of hydrogen-bond acceptors (Lipinski definition) is 0. The van der Waals surface area contributed by atoms with Gasteiger partial charge in [-0.25, -0.2) is 0 Å². The highest BCUT2D eigenvalue weighted by molar-refractivity contribution is 4.86. The minimum Gasteiger partial charge on any atom is -0.103 e. The molecule has 0 heterocycles. The molecule has 0 aromatic heterocycles. The molecule has 0 atom stereocenters. The van der Waals surface area contributed by atoms with Crippen LogP contribution in [0.4, 0.5) is 0 Å². The molecule has 0 aliphatic rings. The summed E-state index contributed by atoms with van der Waals surface area (Å²) in [6, 6.07) is 0. The Balaban J connectivity index is 3.30. The summed E-state index contributed by atoms with van der Waals surface area (Å²) in [6.07, 6.45) is 8.80. The lowest BCUT2D eigenvalue weighted by molar-refractivity contribution is 0.411. The summed E-state index contributed by atoms with van der Waals surface area (Å²) in [5.41, 5.74) is 0.355. The number of allylic oxidation sites excluding steroid dienone is 1.